The Hall–Kier alpha value is -2.58. The molecule has 0 spiro atoms. The normalized spacial score (nSPS) is 11.3. The number of carbonyl (C=O) groups is 3. The summed E-state index contributed by atoms with van der Waals surface area (Å²) in [5.74, 6) is -2.42. The predicted molar refractivity (Wildman–Crippen MR) is 88.7 cm³/mol. The van der Waals surface area contributed by atoms with Gasteiger partial charge in [0.05, 0.1) is 12.0 Å². The van der Waals surface area contributed by atoms with Crippen LogP contribution < -0.4 is 5.32 Å². The molecule has 0 fully saturated rings. The lowest BCUT2D eigenvalue weighted by Gasteiger charge is -2.25. The third-order valence-electron chi connectivity index (χ3n) is 3.30. The fourth-order valence-electron chi connectivity index (χ4n) is 2.32. The molecule has 1 aromatic rings. The largest absolute Gasteiger partial charge is 0.481 e. The van der Waals surface area contributed by atoms with Gasteiger partial charge in [-0.25, -0.2) is 0 Å². The molecule has 6 nitrogen and oxygen atoms in total. The van der Waals surface area contributed by atoms with Gasteiger partial charge < -0.3 is 15.3 Å². The van der Waals surface area contributed by atoms with Crippen LogP contribution in [0, 0.1) is 5.92 Å². The first kappa shape index (κ1) is 21.5. The third kappa shape index (κ3) is 6.73. The molecule has 0 saturated heterocycles. The molecule has 26 heavy (non-hydrogen) atoms. The Morgan fingerprint density at radius 2 is 1.81 bits per heavy atom. The van der Waals surface area contributed by atoms with Gasteiger partial charge >= 0.3 is 12.1 Å². The van der Waals surface area contributed by atoms with E-state index in [1.807, 2.05) is 0 Å². The number of amides is 2. The predicted octanol–water partition coefficient (Wildman–Crippen LogP) is 3.24. The lowest BCUT2D eigenvalue weighted by atomic mass is 10.1. The number of hydrogen-bond donors (Lipinski definition) is 2. The number of rotatable bonds is 7. The lowest BCUT2D eigenvalue weighted by Crippen LogP contribution is -2.36. The second-order valence-electron chi connectivity index (χ2n) is 6.27. The third-order valence-corrected chi connectivity index (χ3v) is 3.30. The van der Waals surface area contributed by atoms with Crippen LogP contribution >= 0.6 is 0 Å². The summed E-state index contributed by atoms with van der Waals surface area (Å²) in [6, 6.07) is 2.58. The molecule has 0 saturated carbocycles. The molecule has 0 radical (unpaired) electrons. The van der Waals surface area contributed by atoms with Gasteiger partial charge in [-0.2, -0.15) is 13.2 Å². The number of carbonyl (C=O) groups excluding carboxylic acids is 2. The molecule has 2 N–H and O–H groups in total. The summed E-state index contributed by atoms with van der Waals surface area (Å²) in [7, 11) is 0. The van der Waals surface area contributed by atoms with Crippen LogP contribution in [0.5, 0.6) is 0 Å². The monoisotopic (exact) mass is 374 g/mol. The minimum absolute atomic E-state index is 0.00615. The highest BCUT2D eigenvalue weighted by Crippen LogP contribution is 2.32. The van der Waals surface area contributed by atoms with Gasteiger partial charge in [-0.05, 0) is 24.1 Å². The summed E-state index contributed by atoms with van der Waals surface area (Å²) in [6.07, 6.45) is -5.02. The van der Waals surface area contributed by atoms with E-state index in [9.17, 15) is 27.6 Å². The van der Waals surface area contributed by atoms with Crippen LogP contribution in [0.15, 0.2) is 18.2 Å². The van der Waals surface area contributed by atoms with E-state index in [1.54, 1.807) is 13.8 Å². The van der Waals surface area contributed by atoms with Gasteiger partial charge in [-0.15, -0.1) is 0 Å². The van der Waals surface area contributed by atoms with E-state index < -0.39 is 29.5 Å². The maximum atomic E-state index is 13.1. The van der Waals surface area contributed by atoms with E-state index in [0.29, 0.717) is 6.07 Å². The molecule has 0 atom stereocenters. The number of aliphatic carboxylic acids is 1. The van der Waals surface area contributed by atoms with E-state index in [-0.39, 0.29) is 36.7 Å². The summed E-state index contributed by atoms with van der Waals surface area (Å²) in [6.45, 7) is 4.81. The molecule has 0 heterocycles. The maximum Gasteiger partial charge on any atom is 0.416 e. The SMILES string of the molecule is CC(=O)Nc1cc(C(=O)N(CCC(=O)O)CC(C)C)cc(C(F)(F)F)c1. The van der Waals surface area contributed by atoms with Crippen molar-refractivity contribution < 1.29 is 32.7 Å². The van der Waals surface area contributed by atoms with Crippen LogP contribution in [0.3, 0.4) is 0 Å². The molecule has 1 rings (SSSR count). The number of carboxylic acids is 1. The highest BCUT2D eigenvalue weighted by atomic mass is 19.4. The van der Waals surface area contributed by atoms with Crippen LogP contribution in [0.25, 0.3) is 0 Å². The van der Waals surface area contributed by atoms with E-state index >= 15 is 0 Å². The second-order valence-corrected chi connectivity index (χ2v) is 6.27. The highest BCUT2D eigenvalue weighted by molar-refractivity contribution is 5.97. The molecule has 2 amide bonds. The molecule has 0 aliphatic rings. The van der Waals surface area contributed by atoms with Crippen LogP contribution in [0.2, 0.25) is 0 Å². The summed E-state index contributed by atoms with van der Waals surface area (Å²) in [4.78, 5) is 35.8. The molecule has 0 aromatic heterocycles. The molecular weight excluding hydrogens is 353 g/mol. The first-order valence-corrected chi connectivity index (χ1v) is 7.91. The average Bonchev–Trinajstić information content (AvgIpc) is 2.48. The number of anilines is 1. The van der Waals surface area contributed by atoms with Crippen molar-refractivity contribution in [3.63, 3.8) is 0 Å². The van der Waals surface area contributed by atoms with Crippen LogP contribution in [-0.4, -0.2) is 40.9 Å². The molecule has 9 heteroatoms. The number of halogens is 3. The zero-order valence-corrected chi connectivity index (χ0v) is 14.7. The summed E-state index contributed by atoms with van der Waals surface area (Å²) >= 11 is 0. The summed E-state index contributed by atoms with van der Waals surface area (Å²) < 4.78 is 39.3. The molecule has 0 bridgehead atoms. The summed E-state index contributed by atoms with van der Waals surface area (Å²) in [5, 5.41) is 11.0. The van der Waals surface area contributed by atoms with Gasteiger partial charge in [-0.3, -0.25) is 14.4 Å². The topological polar surface area (TPSA) is 86.7 Å². The number of alkyl halides is 3. The van der Waals surface area contributed by atoms with E-state index in [2.05, 4.69) is 5.32 Å². The molecule has 0 aliphatic carbocycles. The number of nitrogens with zero attached hydrogens (tertiary/aromatic N) is 1. The van der Waals surface area contributed by atoms with Gasteiger partial charge in [0.1, 0.15) is 0 Å². The Morgan fingerprint density at radius 1 is 1.19 bits per heavy atom. The van der Waals surface area contributed by atoms with Crippen molar-refractivity contribution in [1.29, 1.82) is 0 Å². The number of nitrogens with one attached hydrogen (secondary N) is 1. The molecule has 0 aliphatic heterocycles. The Kier molecular flexibility index (Phi) is 7.17. The van der Waals surface area contributed by atoms with Crippen molar-refractivity contribution in [2.24, 2.45) is 5.92 Å². The van der Waals surface area contributed by atoms with Crippen molar-refractivity contribution in [3.05, 3.63) is 29.3 Å². The maximum absolute atomic E-state index is 13.1. The number of benzene rings is 1. The van der Waals surface area contributed by atoms with Gasteiger partial charge in [0.15, 0.2) is 0 Å². The van der Waals surface area contributed by atoms with Crippen molar-refractivity contribution in [1.82, 2.24) is 4.90 Å². The van der Waals surface area contributed by atoms with Crippen molar-refractivity contribution in [2.75, 3.05) is 18.4 Å². The zero-order chi connectivity index (χ0) is 20.1. The van der Waals surface area contributed by atoms with Gasteiger partial charge in [-0.1, -0.05) is 13.8 Å². The van der Waals surface area contributed by atoms with Gasteiger partial charge in [0.25, 0.3) is 5.91 Å². The molecule has 144 valence electrons. The van der Waals surface area contributed by atoms with Crippen molar-refractivity contribution >= 4 is 23.5 Å². The number of carboxylic acid groups (broad SMARTS) is 1. The van der Waals surface area contributed by atoms with Crippen molar-refractivity contribution in [3.8, 4) is 0 Å². The fourth-order valence-corrected chi connectivity index (χ4v) is 2.32. The van der Waals surface area contributed by atoms with Crippen LogP contribution in [-0.2, 0) is 15.8 Å². The smallest absolute Gasteiger partial charge is 0.416 e. The quantitative estimate of drug-likeness (QED) is 0.767. The first-order valence-electron chi connectivity index (χ1n) is 7.91. The molecule has 0 unspecified atom stereocenters. The molecular formula is C17H21F3N2O4. The van der Waals surface area contributed by atoms with Crippen LogP contribution in [0.1, 0.15) is 43.1 Å². The zero-order valence-electron chi connectivity index (χ0n) is 14.7. The Labute approximate surface area is 149 Å². The van der Waals surface area contributed by atoms with E-state index in [4.69, 9.17) is 5.11 Å². The molecule has 1 aromatic carbocycles. The van der Waals surface area contributed by atoms with Gasteiger partial charge in [0, 0.05) is 31.3 Å². The van der Waals surface area contributed by atoms with E-state index in [0.717, 1.165) is 19.1 Å². The average molecular weight is 374 g/mol. The second kappa shape index (κ2) is 8.68. The minimum Gasteiger partial charge on any atom is -0.481 e. The Morgan fingerprint density at radius 3 is 2.27 bits per heavy atom. The highest BCUT2D eigenvalue weighted by Gasteiger charge is 2.32. The number of hydrogen-bond acceptors (Lipinski definition) is 3. The van der Waals surface area contributed by atoms with Crippen molar-refractivity contribution in [2.45, 2.75) is 33.4 Å². The Balaban J connectivity index is 3.27. The summed E-state index contributed by atoms with van der Waals surface area (Å²) in [5.41, 5.74) is -1.50. The standard InChI is InChI=1S/C17H21F3N2O4/c1-10(2)9-22(5-4-15(24)25)16(26)12-6-13(17(18,19)20)8-14(7-12)21-11(3)23/h6-8,10H,4-5,9H2,1-3H3,(H,21,23)(H,24,25). The lowest BCUT2D eigenvalue weighted by molar-refractivity contribution is -0.138. The minimum atomic E-state index is -4.70. The fraction of sp³-hybridized carbons (Fsp3) is 0.471. The Bertz CT molecular complexity index is 687. The van der Waals surface area contributed by atoms with E-state index in [1.165, 1.54) is 4.90 Å². The van der Waals surface area contributed by atoms with Gasteiger partial charge in [0.2, 0.25) is 5.91 Å². The first-order chi connectivity index (χ1) is 11.9. The van der Waals surface area contributed by atoms with Crippen LogP contribution in [0.4, 0.5) is 18.9 Å².